The zero-order chi connectivity index (χ0) is 18.4. The van der Waals surface area contributed by atoms with E-state index in [1.165, 1.54) is 31.3 Å². The molecule has 2 aromatic rings. The average Bonchev–Trinajstić information content (AvgIpc) is 3.45. The normalized spacial score (nSPS) is 16.0. The Bertz CT molecular complexity index is 936. The van der Waals surface area contributed by atoms with Gasteiger partial charge >= 0.3 is 0 Å². The first-order valence-corrected chi connectivity index (χ1v) is 8.47. The number of amides is 3. The second kappa shape index (κ2) is 6.05. The molecule has 0 saturated heterocycles. The third-order valence-corrected chi connectivity index (χ3v) is 4.83. The largest absolute Gasteiger partial charge is 0.331 e. The van der Waals surface area contributed by atoms with Crippen LogP contribution in [0.25, 0.3) is 0 Å². The first kappa shape index (κ1) is 16.4. The van der Waals surface area contributed by atoms with E-state index in [1.807, 2.05) is 0 Å². The Morgan fingerprint density at radius 2 is 1.85 bits per heavy atom. The van der Waals surface area contributed by atoms with Gasteiger partial charge in [0, 0.05) is 25.2 Å². The van der Waals surface area contributed by atoms with E-state index >= 15 is 0 Å². The maximum absolute atomic E-state index is 13.4. The number of hydrogen-bond acceptors (Lipinski definition) is 3. The van der Waals surface area contributed by atoms with Crippen LogP contribution in [0.1, 0.15) is 49.5 Å². The van der Waals surface area contributed by atoms with Crippen molar-refractivity contribution in [2.24, 2.45) is 0 Å². The Balaban J connectivity index is 1.63. The van der Waals surface area contributed by atoms with Gasteiger partial charge in [0.05, 0.1) is 11.1 Å². The lowest BCUT2D eigenvalue weighted by molar-refractivity contribution is 0.0691. The standard InChI is InChI=1S/C20H17FN2O3/c1-22-19(25)16-8-5-13(10-17(16)20(22)26)18(24)23(15-6-7-15)11-12-3-2-4-14(21)9-12/h2-5,8-10,15H,6-7,11H2,1H3. The molecule has 26 heavy (non-hydrogen) atoms. The van der Waals surface area contributed by atoms with Crippen LogP contribution >= 0.6 is 0 Å². The minimum Gasteiger partial charge on any atom is -0.331 e. The van der Waals surface area contributed by atoms with E-state index < -0.39 is 5.91 Å². The zero-order valence-electron chi connectivity index (χ0n) is 14.2. The van der Waals surface area contributed by atoms with Crippen LogP contribution in [0.5, 0.6) is 0 Å². The summed E-state index contributed by atoms with van der Waals surface area (Å²) in [7, 11) is 1.42. The van der Waals surface area contributed by atoms with E-state index in [4.69, 9.17) is 0 Å². The van der Waals surface area contributed by atoms with Gasteiger partial charge in [-0.25, -0.2) is 4.39 Å². The van der Waals surface area contributed by atoms with Gasteiger partial charge in [0.1, 0.15) is 5.82 Å². The fourth-order valence-corrected chi connectivity index (χ4v) is 3.25. The minimum atomic E-state index is -0.400. The van der Waals surface area contributed by atoms with Crippen LogP contribution in [-0.2, 0) is 6.54 Å². The summed E-state index contributed by atoms with van der Waals surface area (Å²) in [6.45, 7) is 0.311. The van der Waals surface area contributed by atoms with Crippen LogP contribution in [0.3, 0.4) is 0 Å². The Labute approximate surface area is 150 Å². The molecule has 1 aliphatic carbocycles. The highest BCUT2D eigenvalue weighted by Crippen LogP contribution is 2.31. The molecule has 6 heteroatoms. The predicted molar refractivity (Wildman–Crippen MR) is 92.2 cm³/mol. The van der Waals surface area contributed by atoms with Gasteiger partial charge in [0.2, 0.25) is 0 Å². The monoisotopic (exact) mass is 352 g/mol. The molecule has 0 bridgehead atoms. The lowest BCUT2D eigenvalue weighted by atomic mass is 10.0. The van der Waals surface area contributed by atoms with Crippen LogP contribution in [0.15, 0.2) is 42.5 Å². The summed E-state index contributed by atoms with van der Waals surface area (Å²) < 4.78 is 13.4. The SMILES string of the molecule is CN1C(=O)c2ccc(C(=O)N(Cc3cccc(F)c3)C3CC3)cc2C1=O. The molecule has 1 fully saturated rings. The molecule has 4 rings (SSSR count). The van der Waals surface area contributed by atoms with E-state index in [1.54, 1.807) is 23.1 Å². The van der Waals surface area contributed by atoms with E-state index in [0.29, 0.717) is 17.7 Å². The fraction of sp³-hybridized carbons (Fsp3) is 0.250. The quantitative estimate of drug-likeness (QED) is 0.795. The Hall–Kier alpha value is -3.02. The number of carbonyl (C=O) groups is 3. The van der Waals surface area contributed by atoms with Crippen molar-refractivity contribution in [3.63, 3.8) is 0 Å². The van der Waals surface area contributed by atoms with E-state index in [-0.39, 0.29) is 29.2 Å². The topological polar surface area (TPSA) is 57.7 Å². The smallest absolute Gasteiger partial charge is 0.261 e. The van der Waals surface area contributed by atoms with Gasteiger partial charge in [-0.05, 0) is 48.7 Å². The summed E-state index contributed by atoms with van der Waals surface area (Å²) in [5.41, 5.74) is 1.66. The van der Waals surface area contributed by atoms with E-state index in [0.717, 1.165) is 23.3 Å². The summed E-state index contributed by atoms with van der Waals surface area (Å²) in [5, 5.41) is 0. The van der Waals surface area contributed by atoms with Crippen LogP contribution in [0, 0.1) is 5.82 Å². The first-order chi connectivity index (χ1) is 12.5. The molecule has 1 heterocycles. The lowest BCUT2D eigenvalue weighted by Crippen LogP contribution is -2.32. The highest BCUT2D eigenvalue weighted by Gasteiger charge is 2.36. The van der Waals surface area contributed by atoms with Gasteiger partial charge in [-0.3, -0.25) is 19.3 Å². The van der Waals surface area contributed by atoms with Crippen molar-refractivity contribution in [2.75, 3.05) is 7.05 Å². The molecule has 0 atom stereocenters. The van der Waals surface area contributed by atoms with Crippen LogP contribution in [0.2, 0.25) is 0 Å². The van der Waals surface area contributed by atoms with E-state index in [9.17, 15) is 18.8 Å². The Morgan fingerprint density at radius 3 is 2.54 bits per heavy atom. The number of rotatable bonds is 4. The number of benzene rings is 2. The van der Waals surface area contributed by atoms with Crippen molar-refractivity contribution in [3.8, 4) is 0 Å². The second-order valence-corrected chi connectivity index (χ2v) is 6.72. The molecule has 2 aliphatic rings. The molecule has 3 amide bonds. The Morgan fingerprint density at radius 1 is 1.12 bits per heavy atom. The summed E-state index contributed by atoms with van der Waals surface area (Å²) in [6, 6.07) is 10.9. The highest BCUT2D eigenvalue weighted by atomic mass is 19.1. The molecular weight excluding hydrogens is 335 g/mol. The molecule has 2 aromatic carbocycles. The fourth-order valence-electron chi connectivity index (χ4n) is 3.25. The number of fused-ring (bicyclic) bond motifs is 1. The molecule has 0 radical (unpaired) electrons. The van der Waals surface area contributed by atoms with Crippen molar-refractivity contribution in [3.05, 3.63) is 70.5 Å². The molecule has 1 saturated carbocycles. The maximum Gasteiger partial charge on any atom is 0.261 e. The lowest BCUT2D eigenvalue weighted by Gasteiger charge is -2.23. The third-order valence-electron chi connectivity index (χ3n) is 4.83. The van der Waals surface area contributed by atoms with Crippen LogP contribution in [-0.4, -0.2) is 40.6 Å². The van der Waals surface area contributed by atoms with Gasteiger partial charge in [-0.15, -0.1) is 0 Å². The van der Waals surface area contributed by atoms with Crippen molar-refractivity contribution in [2.45, 2.75) is 25.4 Å². The molecule has 0 unspecified atom stereocenters. The van der Waals surface area contributed by atoms with Gasteiger partial charge in [0.25, 0.3) is 17.7 Å². The molecule has 0 spiro atoms. The third kappa shape index (κ3) is 2.77. The molecule has 5 nitrogen and oxygen atoms in total. The van der Waals surface area contributed by atoms with Crippen LogP contribution in [0.4, 0.5) is 4.39 Å². The van der Waals surface area contributed by atoms with E-state index in [2.05, 4.69) is 0 Å². The van der Waals surface area contributed by atoms with Gasteiger partial charge in [0.15, 0.2) is 0 Å². The molecule has 132 valence electrons. The Kier molecular flexibility index (Phi) is 3.83. The van der Waals surface area contributed by atoms with Gasteiger partial charge < -0.3 is 4.90 Å². The second-order valence-electron chi connectivity index (χ2n) is 6.72. The number of carbonyl (C=O) groups excluding carboxylic acids is 3. The summed E-state index contributed by atoms with van der Waals surface area (Å²) in [4.78, 5) is 39.9. The molecule has 0 N–H and O–H groups in total. The van der Waals surface area contributed by atoms with Crippen molar-refractivity contribution in [1.29, 1.82) is 0 Å². The number of halogens is 1. The number of nitrogens with zero attached hydrogens (tertiary/aromatic N) is 2. The summed E-state index contributed by atoms with van der Waals surface area (Å²) in [6.07, 6.45) is 1.82. The van der Waals surface area contributed by atoms with Crippen molar-refractivity contribution < 1.29 is 18.8 Å². The maximum atomic E-state index is 13.4. The highest BCUT2D eigenvalue weighted by molar-refractivity contribution is 6.21. The summed E-state index contributed by atoms with van der Waals surface area (Å²) >= 11 is 0. The van der Waals surface area contributed by atoms with Gasteiger partial charge in [-0.1, -0.05) is 12.1 Å². The van der Waals surface area contributed by atoms with Crippen molar-refractivity contribution >= 4 is 17.7 Å². The predicted octanol–water partition coefficient (Wildman–Crippen LogP) is 2.86. The van der Waals surface area contributed by atoms with Crippen molar-refractivity contribution in [1.82, 2.24) is 9.80 Å². The van der Waals surface area contributed by atoms with Gasteiger partial charge in [-0.2, -0.15) is 0 Å². The number of imide groups is 1. The minimum absolute atomic E-state index is 0.124. The molecule has 1 aliphatic heterocycles. The summed E-state index contributed by atoms with van der Waals surface area (Å²) in [5.74, 6) is -1.31. The zero-order valence-corrected chi connectivity index (χ0v) is 14.2. The average molecular weight is 352 g/mol. The van der Waals surface area contributed by atoms with Crippen LogP contribution < -0.4 is 0 Å². The molecular formula is C20H17FN2O3. The molecule has 0 aromatic heterocycles. The number of hydrogen-bond donors (Lipinski definition) is 0. The first-order valence-electron chi connectivity index (χ1n) is 8.47.